The number of rotatable bonds is 5. The Kier molecular flexibility index (Phi) is 5.37. The third kappa shape index (κ3) is 3.51. The van der Waals surface area contributed by atoms with E-state index >= 15 is 0 Å². The van der Waals surface area contributed by atoms with Crippen LogP contribution in [-0.2, 0) is 10.9 Å². The SMILES string of the molecule is CCCCOc1ccc([S+]2CCSCC2)c2ccccc12. The van der Waals surface area contributed by atoms with Gasteiger partial charge in [-0.2, -0.15) is 11.8 Å². The van der Waals surface area contributed by atoms with Gasteiger partial charge in [-0.25, -0.2) is 0 Å². The van der Waals surface area contributed by atoms with E-state index < -0.39 is 0 Å². The maximum atomic E-state index is 6.00. The van der Waals surface area contributed by atoms with Gasteiger partial charge in [-0.1, -0.05) is 31.5 Å². The average Bonchev–Trinajstić information content (AvgIpc) is 2.56. The molecule has 0 unspecified atom stereocenters. The van der Waals surface area contributed by atoms with Crippen LogP contribution in [0.15, 0.2) is 41.3 Å². The fourth-order valence-corrected chi connectivity index (χ4v) is 6.84. The molecule has 2 aromatic carbocycles. The minimum atomic E-state index is 0.425. The van der Waals surface area contributed by atoms with Crippen molar-refractivity contribution in [2.45, 2.75) is 24.7 Å². The van der Waals surface area contributed by atoms with E-state index in [2.05, 4.69) is 55.1 Å². The molecular weight excluding hydrogens is 296 g/mol. The number of fused-ring (bicyclic) bond motifs is 1. The van der Waals surface area contributed by atoms with Gasteiger partial charge in [-0.05, 0) is 24.6 Å². The van der Waals surface area contributed by atoms with Crippen LogP contribution in [0, 0.1) is 0 Å². The molecule has 0 saturated carbocycles. The summed E-state index contributed by atoms with van der Waals surface area (Å²) in [7, 11) is 0.425. The van der Waals surface area contributed by atoms with Crippen molar-refractivity contribution in [3.8, 4) is 5.75 Å². The number of thioether (sulfide) groups is 1. The van der Waals surface area contributed by atoms with Gasteiger partial charge in [0.05, 0.1) is 6.61 Å². The zero-order valence-electron chi connectivity index (χ0n) is 12.6. The highest BCUT2D eigenvalue weighted by molar-refractivity contribution is 8.05. The van der Waals surface area contributed by atoms with Crippen LogP contribution in [0.25, 0.3) is 10.8 Å². The second-order valence-electron chi connectivity index (χ2n) is 5.32. The first-order valence-corrected chi connectivity index (χ1v) is 10.5. The summed E-state index contributed by atoms with van der Waals surface area (Å²) in [5.41, 5.74) is 0. The predicted molar refractivity (Wildman–Crippen MR) is 97.0 cm³/mol. The van der Waals surface area contributed by atoms with Crippen LogP contribution in [0.1, 0.15) is 19.8 Å². The van der Waals surface area contributed by atoms with Crippen molar-refractivity contribution in [2.24, 2.45) is 0 Å². The van der Waals surface area contributed by atoms with Crippen LogP contribution < -0.4 is 4.74 Å². The average molecular weight is 320 g/mol. The van der Waals surface area contributed by atoms with E-state index in [9.17, 15) is 0 Å². The molecule has 0 spiro atoms. The Morgan fingerprint density at radius 1 is 1.05 bits per heavy atom. The molecule has 112 valence electrons. The van der Waals surface area contributed by atoms with Gasteiger partial charge in [0, 0.05) is 33.2 Å². The monoisotopic (exact) mass is 319 g/mol. The standard InChI is InChI=1S/C18H23OS2/c1-2-3-10-19-17-8-9-18(21-13-11-20-12-14-21)16-7-5-4-6-15(16)17/h4-9H,2-3,10-14H2,1H3/q+1. The first-order valence-electron chi connectivity index (χ1n) is 7.80. The van der Waals surface area contributed by atoms with Gasteiger partial charge in [0.25, 0.3) is 0 Å². The molecule has 2 aromatic rings. The topological polar surface area (TPSA) is 9.23 Å². The summed E-state index contributed by atoms with van der Waals surface area (Å²) in [6.07, 6.45) is 2.30. The molecule has 1 fully saturated rings. The molecule has 21 heavy (non-hydrogen) atoms. The van der Waals surface area contributed by atoms with Gasteiger partial charge in [0.1, 0.15) is 17.3 Å². The summed E-state index contributed by atoms with van der Waals surface area (Å²) in [6, 6.07) is 13.3. The van der Waals surface area contributed by atoms with Crippen LogP contribution >= 0.6 is 11.8 Å². The van der Waals surface area contributed by atoms with E-state index in [1.165, 1.54) is 40.2 Å². The van der Waals surface area contributed by atoms with Gasteiger partial charge >= 0.3 is 0 Å². The Balaban J connectivity index is 1.93. The first kappa shape index (κ1) is 15.1. The zero-order valence-corrected chi connectivity index (χ0v) is 14.3. The normalized spacial score (nSPS) is 16.2. The van der Waals surface area contributed by atoms with Gasteiger partial charge in [-0.3, -0.25) is 0 Å². The quantitative estimate of drug-likeness (QED) is 0.581. The van der Waals surface area contributed by atoms with Crippen molar-refractivity contribution < 1.29 is 4.74 Å². The molecule has 1 saturated heterocycles. The fourth-order valence-electron chi connectivity index (χ4n) is 2.69. The summed E-state index contributed by atoms with van der Waals surface area (Å²) >= 11 is 2.10. The van der Waals surface area contributed by atoms with Crippen LogP contribution in [0.2, 0.25) is 0 Å². The molecular formula is C18H23OS2+. The minimum Gasteiger partial charge on any atom is -0.493 e. The zero-order chi connectivity index (χ0) is 14.5. The Morgan fingerprint density at radius 3 is 2.57 bits per heavy atom. The number of hydrogen-bond acceptors (Lipinski definition) is 2. The predicted octanol–water partition coefficient (Wildman–Crippen LogP) is 4.74. The summed E-state index contributed by atoms with van der Waals surface area (Å²) in [5, 5.41) is 2.69. The number of benzene rings is 2. The molecule has 1 aliphatic heterocycles. The molecule has 1 nitrogen and oxygen atoms in total. The lowest BCUT2D eigenvalue weighted by molar-refractivity contribution is 0.313. The summed E-state index contributed by atoms with van der Waals surface area (Å²) in [5.74, 6) is 6.35. The molecule has 0 aliphatic carbocycles. The third-order valence-electron chi connectivity index (χ3n) is 3.86. The Morgan fingerprint density at radius 2 is 1.81 bits per heavy atom. The van der Waals surface area contributed by atoms with E-state index in [1.807, 2.05) is 0 Å². The Bertz CT molecular complexity index is 591. The van der Waals surface area contributed by atoms with Crippen molar-refractivity contribution in [3.63, 3.8) is 0 Å². The third-order valence-corrected chi connectivity index (χ3v) is 7.73. The molecule has 0 atom stereocenters. The maximum absolute atomic E-state index is 6.00. The van der Waals surface area contributed by atoms with E-state index in [0.717, 1.165) is 18.8 Å². The van der Waals surface area contributed by atoms with Crippen molar-refractivity contribution in [1.29, 1.82) is 0 Å². The fraction of sp³-hybridized carbons (Fsp3) is 0.444. The van der Waals surface area contributed by atoms with Gasteiger partial charge in [0.15, 0.2) is 4.90 Å². The smallest absolute Gasteiger partial charge is 0.163 e. The van der Waals surface area contributed by atoms with Crippen molar-refractivity contribution in [2.75, 3.05) is 29.6 Å². The molecule has 3 heteroatoms. The highest BCUT2D eigenvalue weighted by atomic mass is 32.2. The lowest BCUT2D eigenvalue weighted by Crippen LogP contribution is -2.21. The van der Waals surface area contributed by atoms with Gasteiger partial charge in [-0.15, -0.1) is 0 Å². The van der Waals surface area contributed by atoms with Crippen molar-refractivity contribution in [3.05, 3.63) is 36.4 Å². The van der Waals surface area contributed by atoms with Crippen molar-refractivity contribution in [1.82, 2.24) is 0 Å². The lowest BCUT2D eigenvalue weighted by atomic mass is 10.1. The summed E-state index contributed by atoms with van der Waals surface area (Å²) in [6.45, 7) is 3.02. The number of ether oxygens (including phenoxy) is 1. The second kappa shape index (κ2) is 7.46. The van der Waals surface area contributed by atoms with Crippen LogP contribution in [-0.4, -0.2) is 29.6 Å². The molecule has 3 rings (SSSR count). The number of hydrogen-bond donors (Lipinski definition) is 0. The number of unbranched alkanes of at least 4 members (excludes halogenated alkanes) is 1. The highest BCUT2D eigenvalue weighted by Crippen LogP contribution is 2.34. The van der Waals surface area contributed by atoms with E-state index in [1.54, 1.807) is 4.90 Å². The Labute approximate surface area is 134 Å². The van der Waals surface area contributed by atoms with Crippen LogP contribution in [0.3, 0.4) is 0 Å². The molecule has 1 aliphatic rings. The van der Waals surface area contributed by atoms with Crippen molar-refractivity contribution >= 4 is 33.4 Å². The van der Waals surface area contributed by atoms with E-state index in [4.69, 9.17) is 4.74 Å². The van der Waals surface area contributed by atoms with Gasteiger partial charge in [0.2, 0.25) is 0 Å². The van der Waals surface area contributed by atoms with E-state index in [0.29, 0.717) is 10.9 Å². The van der Waals surface area contributed by atoms with Crippen LogP contribution in [0.5, 0.6) is 5.75 Å². The van der Waals surface area contributed by atoms with Gasteiger partial charge < -0.3 is 4.74 Å². The molecule has 0 amide bonds. The second-order valence-corrected chi connectivity index (χ2v) is 8.79. The largest absolute Gasteiger partial charge is 0.493 e. The minimum absolute atomic E-state index is 0.425. The highest BCUT2D eigenvalue weighted by Gasteiger charge is 2.27. The summed E-state index contributed by atoms with van der Waals surface area (Å²) < 4.78 is 6.00. The molecule has 0 radical (unpaired) electrons. The molecule has 0 bridgehead atoms. The Hall–Kier alpha value is -0.800. The summed E-state index contributed by atoms with van der Waals surface area (Å²) in [4.78, 5) is 1.55. The maximum Gasteiger partial charge on any atom is 0.163 e. The first-order chi connectivity index (χ1) is 10.4. The molecule has 0 aromatic heterocycles. The van der Waals surface area contributed by atoms with Crippen LogP contribution in [0.4, 0.5) is 0 Å². The lowest BCUT2D eigenvalue weighted by Gasteiger charge is -2.16. The molecule has 1 heterocycles. The molecule has 0 N–H and O–H groups in total. The van der Waals surface area contributed by atoms with E-state index in [-0.39, 0.29) is 0 Å².